The molecule has 1 aromatic carbocycles. The van der Waals surface area contributed by atoms with Gasteiger partial charge in [-0.15, -0.1) is 0 Å². The lowest BCUT2D eigenvalue weighted by Gasteiger charge is -2.24. The highest BCUT2D eigenvalue weighted by molar-refractivity contribution is 7.86. The van der Waals surface area contributed by atoms with Crippen LogP contribution in [0.2, 0.25) is 0 Å². The first-order valence-corrected chi connectivity index (χ1v) is 12.6. The Bertz CT molecular complexity index is 1330. The van der Waals surface area contributed by atoms with Crippen LogP contribution in [-0.2, 0) is 44.5 Å². The van der Waals surface area contributed by atoms with Crippen LogP contribution in [0.5, 0.6) is 0 Å². The molecule has 13 heteroatoms. The molecule has 1 N–H and O–H groups in total. The molecular weight excluding hydrogens is 496 g/mol. The van der Waals surface area contributed by atoms with Crippen molar-refractivity contribution in [2.75, 3.05) is 6.61 Å². The highest BCUT2D eigenvalue weighted by atomic mass is 32.2. The fourth-order valence-electron chi connectivity index (χ4n) is 3.77. The summed E-state index contributed by atoms with van der Waals surface area (Å²) >= 11 is 0. The molecule has 0 radical (unpaired) electrons. The number of benzene rings is 1. The van der Waals surface area contributed by atoms with E-state index in [1.807, 2.05) is 6.92 Å². The molecule has 1 aliphatic heterocycles. The molecule has 0 aliphatic carbocycles. The second kappa shape index (κ2) is 11.2. The van der Waals surface area contributed by atoms with Crippen LogP contribution in [0.3, 0.4) is 0 Å². The van der Waals surface area contributed by atoms with Crippen LogP contribution in [0.15, 0.2) is 44.9 Å². The molecular formula is C23H28N2O10S. The minimum absolute atomic E-state index is 0.157. The first-order chi connectivity index (χ1) is 16.9. The van der Waals surface area contributed by atoms with Gasteiger partial charge in [0.15, 0.2) is 12.3 Å². The van der Waals surface area contributed by atoms with Crippen LogP contribution >= 0.6 is 0 Å². The summed E-state index contributed by atoms with van der Waals surface area (Å²) in [5.74, 6) is -1.47. The van der Waals surface area contributed by atoms with Gasteiger partial charge in [0.05, 0.1) is 4.90 Å². The minimum atomic E-state index is -4.40. The van der Waals surface area contributed by atoms with E-state index >= 15 is 0 Å². The SMILES string of the molecule is CCCc1cn([C@@H]2O[C@H](COC(C)=O)[C@H](OS(=O)(=O)c3ccc(C)cc3)[C@H]2OC(C)=O)c(=O)[nH]c1=O. The van der Waals surface area contributed by atoms with Gasteiger partial charge in [0.2, 0.25) is 0 Å². The number of aromatic amines is 1. The molecule has 3 rings (SSSR count). The third-order valence-corrected chi connectivity index (χ3v) is 6.75. The Balaban J connectivity index is 2.07. The third kappa shape index (κ3) is 6.28. The predicted octanol–water partition coefficient (Wildman–Crippen LogP) is 0.964. The molecule has 2 heterocycles. The molecule has 36 heavy (non-hydrogen) atoms. The smallest absolute Gasteiger partial charge is 0.330 e. The summed E-state index contributed by atoms with van der Waals surface area (Å²) in [6.45, 7) is 5.43. The zero-order chi connectivity index (χ0) is 26.6. The zero-order valence-electron chi connectivity index (χ0n) is 20.3. The number of ether oxygens (including phenoxy) is 3. The van der Waals surface area contributed by atoms with E-state index in [0.29, 0.717) is 12.8 Å². The Morgan fingerprint density at radius 3 is 2.33 bits per heavy atom. The van der Waals surface area contributed by atoms with E-state index in [1.165, 1.54) is 18.3 Å². The van der Waals surface area contributed by atoms with Crippen LogP contribution in [0, 0.1) is 6.92 Å². The fraction of sp³-hybridized carbons (Fsp3) is 0.478. The lowest BCUT2D eigenvalue weighted by Crippen LogP contribution is -2.43. The van der Waals surface area contributed by atoms with Gasteiger partial charge in [-0.05, 0) is 25.5 Å². The van der Waals surface area contributed by atoms with Crippen molar-refractivity contribution in [2.45, 2.75) is 70.0 Å². The van der Waals surface area contributed by atoms with E-state index in [-0.39, 0.29) is 10.5 Å². The van der Waals surface area contributed by atoms with E-state index in [9.17, 15) is 27.6 Å². The second-order valence-corrected chi connectivity index (χ2v) is 9.91. The summed E-state index contributed by atoms with van der Waals surface area (Å²) in [6, 6.07) is 5.87. The number of carbonyl (C=O) groups excluding carboxylic acids is 2. The molecule has 1 aromatic heterocycles. The Kier molecular flexibility index (Phi) is 8.48. The zero-order valence-corrected chi connectivity index (χ0v) is 21.1. The highest BCUT2D eigenvalue weighted by Crippen LogP contribution is 2.35. The minimum Gasteiger partial charge on any atom is -0.463 e. The second-order valence-electron chi connectivity index (χ2n) is 8.34. The molecule has 196 valence electrons. The summed E-state index contributed by atoms with van der Waals surface area (Å²) in [5.41, 5.74) is -0.346. The van der Waals surface area contributed by atoms with Crippen molar-refractivity contribution < 1.29 is 36.4 Å². The maximum absolute atomic E-state index is 13.1. The van der Waals surface area contributed by atoms with Crippen molar-refractivity contribution in [3.05, 3.63) is 62.4 Å². The summed E-state index contributed by atoms with van der Waals surface area (Å²) in [7, 11) is -4.40. The van der Waals surface area contributed by atoms with Crippen LogP contribution in [0.4, 0.5) is 0 Å². The Labute approximate surface area is 207 Å². The van der Waals surface area contributed by atoms with Crippen LogP contribution in [0.1, 0.15) is 44.5 Å². The van der Waals surface area contributed by atoms with E-state index in [0.717, 1.165) is 24.0 Å². The van der Waals surface area contributed by atoms with Crippen molar-refractivity contribution in [1.82, 2.24) is 9.55 Å². The van der Waals surface area contributed by atoms with E-state index in [2.05, 4.69) is 4.98 Å². The monoisotopic (exact) mass is 524 g/mol. The number of nitrogens with one attached hydrogen (secondary N) is 1. The van der Waals surface area contributed by atoms with Gasteiger partial charge in [-0.3, -0.25) is 28.1 Å². The first kappa shape index (κ1) is 27.3. The molecule has 2 aromatic rings. The number of rotatable bonds is 9. The van der Waals surface area contributed by atoms with Gasteiger partial charge >= 0.3 is 17.6 Å². The maximum atomic E-state index is 13.1. The van der Waals surface area contributed by atoms with Gasteiger partial charge < -0.3 is 14.2 Å². The fourth-order valence-corrected chi connectivity index (χ4v) is 4.88. The van der Waals surface area contributed by atoms with Crippen LogP contribution < -0.4 is 11.2 Å². The Morgan fingerprint density at radius 1 is 1.08 bits per heavy atom. The summed E-state index contributed by atoms with van der Waals surface area (Å²) in [5, 5.41) is 0. The average molecular weight is 525 g/mol. The highest BCUT2D eigenvalue weighted by Gasteiger charge is 2.51. The van der Waals surface area contributed by atoms with Crippen molar-refractivity contribution in [1.29, 1.82) is 0 Å². The molecule has 1 saturated heterocycles. The average Bonchev–Trinajstić information content (AvgIpc) is 3.10. The number of hydrogen-bond donors (Lipinski definition) is 1. The summed E-state index contributed by atoms with van der Waals surface area (Å²) in [6.07, 6.45) is -3.33. The largest absolute Gasteiger partial charge is 0.463 e. The van der Waals surface area contributed by atoms with Crippen molar-refractivity contribution in [3.8, 4) is 0 Å². The first-order valence-electron chi connectivity index (χ1n) is 11.2. The topological polar surface area (TPSA) is 160 Å². The van der Waals surface area contributed by atoms with Crippen LogP contribution in [0.25, 0.3) is 0 Å². The van der Waals surface area contributed by atoms with Gasteiger partial charge in [-0.2, -0.15) is 8.42 Å². The number of carbonyl (C=O) groups is 2. The number of aryl methyl sites for hydroxylation is 2. The Hall–Kier alpha value is -3.29. The van der Waals surface area contributed by atoms with E-state index < -0.39 is 64.5 Å². The van der Waals surface area contributed by atoms with E-state index in [4.69, 9.17) is 18.4 Å². The maximum Gasteiger partial charge on any atom is 0.330 e. The normalized spacial score (nSPS) is 21.8. The number of aromatic nitrogens is 2. The third-order valence-electron chi connectivity index (χ3n) is 5.42. The number of nitrogens with zero attached hydrogens (tertiary/aromatic N) is 1. The van der Waals surface area contributed by atoms with Gasteiger partial charge in [-0.25, -0.2) is 4.79 Å². The van der Waals surface area contributed by atoms with E-state index in [1.54, 1.807) is 19.1 Å². The number of hydrogen-bond acceptors (Lipinski definition) is 10. The van der Waals surface area contributed by atoms with Crippen molar-refractivity contribution in [3.63, 3.8) is 0 Å². The lowest BCUT2D eigenvalue weighted by atomic mass is 10.1. The van der Waals surface area contributed by atoms with Gasteiger partial charge in [0.25, 0.3) is 15.7 Å². The molecule has 4 atom stereocenters. The van der Waals surface area contributed by atoms with Crippen molar-refractivity contribution >= 4 is 22.1 Å². The standard InChI is InChI=1S/C23H28N2O10S/c1-5-6-16-11-25(23(29)24-21(16)28)22-20(33-15(4)27)19(18(34-22)12-32-14(3)26)35-36(30,31)17-9-7-13(2)8-10-17/h7-11,18-20,22H,5-6,12H2,1-4H3,(H,24,28,29)/t18-,19+,20-,22-/m1/s1. The molecule has 0 bridgehead atoms. The molecule has 1 aliphatic rings. The number of esters is 2. The van der Waals surface area contributed by atoms with Gasteiger partial charge in [0.1, 0.15) is 18.8 Å². The predicted molar refractivity (Wildman–Crippen MR) is 125 cm³/mol. The molecule has 0 unspecified atom stereocenters. The van der Waals surface area contributed by atoms with Gasteiger partial charge in [-0.1, -0.05) is 31.0 Å². The molecule has 0 amide bonds. The molecule has 12 nitrogen and oxygen atoms in total. The Morgan fingerprint density at radius 2 is 1.75 bits per heavy atom. The van der Waals surface area contributed by atoms with Crippen molar-refractivity contribution in [2.24, 2.45) is 0 Å². The quantitative estimate of drug-likeness (QED) is 0.370. The molecule has 0 saturated carbocycles. The molecule has 0 spiro atoms. The molecule has 1 fully saturated rings. The number of H-pyrrole nitrogens is 1. The summed E-state index contributed by atoms with van der Waals surface area (Å²) in [4.78, 5) is 50.3. The summed E-state index contributed by atoms with van der Waals surface area (Å²) < 4.78 is 48.9. The van der Waals surface area contributed by atoms with Gasteiger partial charge in [0, 0.05) is 25.6 Å². The lowest BCUT2D eigenvalue weighted by molar-refractivity contribution is -0.155. The van der Waals surface area contributed by atoms with Crippen LogP contribution in [-0.4, -0.2) is 54.8 Å².